The highest BCUT2D eigenvalue weighted by molar-refractivity contribution is 6.32. The maximum atomic E-state index is 6.35. The molecule has 0 amide bonds. The third kappa shape index (κ3) is 6.47. The van der Waals surface area contributed by atoms with Crippen LogP contribution in [-0.4, -0.2) is 42.5 Å². The SMILES string of the molecule is Clc1ccc(C(CCN2CCN(Cc3ccccc3)CC2)Oc2ccccc2Cl)cc1. The Labute approximate surface area is 195 Å². The zero-order chi connectivity index (χ0) is 21.5. The van der Waals surface area contributed by atoms with Crippen molar-refractivity contribution in [2.75, 3.05) is 32.7 Å². The molecule has 0 saturated carbocycles. The third-order valence-corrected chi connectivity index (χ3v) is 6.33. The van der Waals surface area contributed by atoms with Crippen LogP contribution in [0.3, 0.4) is 0 Å². The summed E-state index contributed by atoms with van der Waals surface area (Å²) in [7, 11) is 0. The topological polar surface area (TPSA) is 15.7 Å². The molecule has 1 unspecified atom stereocenters. The maximum Gasteiger partial charge on any atom is 0.138 e. The van der Waals surface area contributed by atoms with Crippen LogP contribution in [0.15, 0.2) is 78.9 Å². The van der Waals surface area contributed by atoms with E-state index < -0.39 is 0 Å². The Morgan fingerprint density at radius 1 is 0.742 bits per heavy atom. The highest BCUT2D eigenvalue weighted by Crippen LogP contribution is 2.31. The molecule has 1 heterocycles. The molecule has 1 saturated heterocycles. The quantitative estimate of drug-likeness (QED) is 0.395. The Bertz CT molecular complexity index is 941. The Balaban J connectivity index is 1.34. The number of hydrogen-bond donors (Lipinski definition) is 0. The zero-order valence-corrected chi connectivity index (χ0v) is 19.1. The minimum atomic E-state index is -0.0699. The first-order valence-corrected chi connectivity index (χ1v) is 11.6. The monoisotopic (exact) mass is 454 g/mol. The van der Waals surface area contributed by atoms with Crippen molar-refractivity contribution >= 4 is 23.2 Å². The van der Waals surface area contributed by atoms with Crippen molar-refractivity contribution < 1.29 is 4.74 Å². The Hall–Kier alpha value is -2.04. The molecule has 1 atom stereocenters. The van der Waals surface area contributed by atoms with Gasteiger partial charge in [0.15, 0.2) is 0 Å². The minimum absolute atomic E-state index is 0.0699. The lowest BCUT2D eigenvalue weighted by molar-refractivity contribution is 0.107. The van der Waals surface area contributed by atoms with E-state index in [0.717, 1.165) is 62.0 Å². The molecule has 5 heteroatoms. The second-order valence-corrected chi connectivity index (χ2v) is 8.82. The second kappa shape index (κ2) is 11.0. The van der Waals surface area contributed by atoms with E-state index in [0.29, 0.717) is 5.02 Å². The lowest BCUT2D eigenvalue weighted by Crippen LogP contribution is -2.46. The van der Waals surface area contributed by atoms with Crippen LogP contribution in [0.25, 0.3) is 0 Å². The Morgan fingerprint density at radius 2 is 1.39 bits per heavy atom. The van der Waals surface area contributed by atoms with E-state index >= 15 is 0 Å². The van der Waals surface area contributed by atoms with Gasteiger partial charge in [0.05, 0.1) is 5.02 Å². The summed E-state index contributed by atoms with van der Waals surface area (Å²) in [5, 5.41) is 1.37. The van der Waals surface area contributed by atoms with Crippen LogP contribution in [0, 0.1) is 0 Å². The number of ether oxygens (including phenoxy) is 1. The lowest BCUT2D eigenvalue weighted by Gasteiger charge is -2.35. The molecule has 0 N–H and O–H groups in total. The molecular formula is C26H28Cl2N2O. The zero-order valence-electron chi connectivity index (χ0n) is 17.6. The lowest BCUT2D eigenvalue weighted by atomic mass is 10.1. The van der Waals surface area contributed by atoms with Gasteiger partial charge in [-0.1, -0.05) is 77.8 Å². The highest BCUT2D eigenvalue weighted by Gasteiger charge is 2.20. The number of benzene rings is 3. The molecule has 0 bridgehead atoms. The molecule has 0 spiro atoms. The van der Waals surface area contributed by atoms with Gasteiger partial charge in [-0.25, -0.2) is 0 Å². The summed E-state index contributed by atoms with van der Waals surface area (Å²) < 4.78 is 6.35. The van der Waals surface area contributed by atoms with Crippen molar-refractivity contribution in [2.45, 2.75) is 19.1 Å². The Kier molecular flexibility index (Phi) is 7.87. The largest absolute Gasteiger partial charge is 0.484 e. The van der Waals surface area contributed by atoms with E-state index in [1.54, 1.807) is 0 Å². The van der Waals surface area contributed by atoms with E-state index in [1.807, 2.05) is 48.5 Å². The van der Waals surface area contributed by atoms with Crippen molar-refractivity contribution in [2.24, 2.45) is 0 Å². The number of rotatable bonds is 8. The average molecular weight is 455 g/mol. The molecule has 3 aromatic carbocycles. The summed E-state index contributed by atoms with van der Waals surface area (Å²) in [6.07, 6.45) is 0.824. The van der Waals surface area contributed by atoms with Crippen molar-refractivity contribution in [1.29, 1.82) is 0 Å². The number of halogens is 2. The molecule has 0 aliphatic carbocycles. The minimum Gasteiger partial charge on any atom is -0.484 e. The van der Waals surface area contributed by atoms with Crippen molar-refractivity contribution in [3.63, 3.8) is 0 Å². The van der Waals surface area contributed by atoms with Gasteiger partial charge in [0.25, 0.3) is 0 Å². The molecule has 3 aromatic rings. The van der Waals surface area contributed by atoms with Crippen LogP contribution in [0.4, 0.5) is 0 Å². The molecule has 162 valence electrons. The van der Waals surface area contributed by atoms with Crippen LogP contribution in [0.5, 0.6) is 5.75 Å². The number of nitrogens with zero attached hydrogens (tertiary/aromatic N) is 2. The van der Waals surface area contributed by atoms with Crippen LogP contribution in [0.1, 0.15) is 23.7 Å². The van der Waals surface area contributed by atoms with Crippen molar-refractivity contribution in [3.8, 4) is 5.75 Å². The maximum absolute atomic E-state index is 6.35. The number of hydrogen-bond acceptors (Lipinski definition) is 3. The summed E-state index contributed by atoms with van der Waals surface area (Å²) in [4.78, 5) is 5.06. The van der Waals surface area contributed by atoms with E-state index in [2.05, 4.69) is 40.1 Å². The van der Waals surface area contributed by atoms with E-state index in [4.69, 9.17) is 27.9 Å². The predicted molar refractivity (Wildman–Crippen MR) is 129 cm³/mol. The van der Waals surface area contributed by atoms with Gasteiger partial charge in [0.1, 0.15) is 11.9 Å². The molecule has 1 aliphatic rings. The van der Waals surface area contributed by atoms with E-state index in [-0.39, 0.29) is 6.10 Å². The molecule has 1 aliphatic heterocycles. The molecule has 4 rings (SSSR count). The van der Waals surface area contributed by atoms with Crippen molar-refractivity contribution in [3.05, 3.63) is 100 Å². The van der Waals surface area contributed by atoms with Gasteiger partial charge in [0.2, 0.25) is 0 Å². The number of para-hydroxylation sites is 1. The standard InChI is InChI=1S/C26H28Cl2N2O/c27-23-12-10-22(11-13-23)25(31-26-9-5-4-8-24(26)28)14-15-29-16-18-30(19-17-29)20-21-6-2-1-3-7-21/h1-13,25H,14-20H2. The average Bonchev–Trinajstić information content (AvgIpc) is 2.80. The van der Waals surface area contributed by atoms with Crippen LogP contribution in [-0.2, 0) is 6.54 Å². The molecule has 1 fully saturated rings. The second-order valence-electron chi connectivity index (χ2n) is 7.98. The van der Waals surface area contributed by atoms with Crippen LogP contribution < -0.4 is 4.74 Å². The highest BCUT2D eigenvalue weighted by atomic mass is 35.5. The molecule has 0 aromatic heterocycles. The van der Waals surface area contributed by atoms with Gasteiger partial charge in [-0.05, 0) is 35.4 Å². The first kappa shape index (κ1) is 22.2. The predicted octanol–water partition coefficient (Wildman–Crippen LogP) is 6.32. The normalized spacial score (nSPS) is 16.2. The molecule has 3 nitrogen and oxygen atoms in total. The number of piperazine rings is 1. The van der Waals surface area contributed by atoms with E-state index in [9.17, 15) is 0 Å². The summed E-state index contributed by atoms with van der Waals surface area (Å²) in [6, 6.07) is 26.3. The van der Waals surface area contributed by atoms with Crippen LogP contribution >= 0.6 is 23.2 Å². The Morgan fingerprint density at radius 3 is 2.10 bits per heavy atom. The first-order chi connectivity index (χ1) is 15.2. The van der Waals surface area contributed by atoms with Crippen LogP contribution in [0.2, 0.25) is 10.0 Å². The fraction of sp³-hybridized carbons (Fsp3) is 0.308. The van der Waals surface area contributed by atoms with Gasteiger partial charge in [-0.15, -0.1) is 0 Å². The summed E-state index contributed by atoms with van der Waals surface area (Å²) in [6.45, 7) is 6.34. The van der Waals surface area contributed by atoms with Crippen molar-refractivity contribution in [1.82, 2.24) is 9.80 Å². The smallest absolute Gasteiger partial charge is 0.138 e. The fourth-order valence-corrected chi connectivity index (χ4v) is 4.28. The summed E-state index contributed by atoms with van der Waals surface area (Å²) >= 11 is 12.4. The molecular weight excluding hydrogens is 427 g/mol. The molecule has 0 radical (unpaired) electrons. The fourth-order valence-electron chi connectivity index (χ4n) is 3.98. The van der Waals surface area contributed by atoms with Gasteiger partial charge >= 0.3 is 0 Å². The van der Waals surface area contributed by atoms with E-state index in [1.165, 1.54) is 5.56 Å². The van der Waals surface area contributed by atoms with Gasteiger partial charge in [-0.3, -0.25) is 4.90 Å². The van der Waals surface area contributed by atoms with Gasteiger partial charge in [-0.2, -0.15) is 0 Å². The first-order valence-electron chi connectivity index (χ1n) is 10.8. The van der Waals surface area contributed by atoms with Gasteiger partial charge < -0.3 is 9.64 Å². The molecule has 31 heavy (non-hydrogen) atoms. The summed E-state index contributed by atoms with van der Waals surface area (Å²) in [5.74, 6) is 0.719. The third-order valence-electron chi connectivity index (χ3n) is 5.77. The van der Waals surface area contributed by atoms with Gasteiger partial charge in [0, 0.05) is 50.7 Å². The summed E-state index contributed by atoms with van der Waals surface area (Å²) in [5.41, 5.74) is 2.50.